The molecule has 4 heterocycles. The Morgan fingerprint density at radius 2 is 2.03 bits per heavy atom. The van der Waals surface area contributed by atoms with Gasteiger partial charge in [-0.25, -0.2) is 15.0 Å². The first-order valence-corrected chi connectivity index (χ1v) is 8.80. The highest BCUT2D eigenvalue weighted by Crippen LogP contribution is 2.30. The fourth-order valence-corrected chi connectivity index (χ4v) is 3.26. The Hall–Kier alpha value is -3.21. The summed E-state index contributed by atoms with van der Waals surface area (Å²) < 4.78 is 46.1. The van der Waals surface area contributed by atoms with E-state index in [4.69, 9.17) is 10.5 Å². The molecule has 0 spiro atoms. The third kappa shape index (κ3) is 3.73. The second-order valence-corrected chi connectivity index (χ2v) is 6.77. The molecule has 0 aromatic carbocycles. The molecule has 1 saturated heterocycles. The summed E-state index contributed by atoms with van der Waals surface area (Å²) in [5.41, 5.74) is 5.23. The van der Waals surface area contributed by atoms with E-state index in [1.54, 1.807) is 6.07 Å². The predicted molar refractivity (Wildman–Crippen MR) is 97.0 cm³/mol. The molecule has 4 rings (SSSR count). The van der Waals surface area contributed by atoms with Crippen LogP contribution in [0.2, 0.25) is 0 Å². The molecule has 29 heavy (non-hydrogen) atoms. The van der Waals surface area contributed by atoms with Crippen molar-refractivity contribution in [1.82, 2.24) is 19.4 Å². The van der Waals surface area contributed by atoms with E-state index >= 15 is 0 Å². The molecule has 3 aromatic heterocycles. The minimum absolute atomic E-state index is 0.212. The number of nitrogens with two attached hydrogens (primary N) is 1. The topological polar surface area (TPSA) is 98.6 Å². The van der Waals surface area contributed by atoms with E-state index in [1.165, 1.54) is 22.9 Å². The number of amides is 1. The zero-order chi connectivity index (χ0) is 20.8. The van der Waals surface area contributed by atoms with Gasteiger partial charge in [-0.2, -0.15) is 13.2 Å². The van der Waals surface area contributed by atoms with Crippen LogP contribution in [-0.4, -0.2) is 50.6 Å². The van der Waals surface area contributed by atoms with Gasteiger partial charge in [0.15, 0.2) is 11.9 Å². The number of halogens is 3. The number of nitrogens with zero attached hydrogens (tertiary/aromatic N) is 5. The molecule has 0 bridgehead atoms. The Labute approximate surface area is 163 Å². The van der Waals surface area contributed by atoms with E-state index in [0.717, 1.165) is 12.3 Å². The first-order valence-electron chi connectivity index (χ1n) is 8.80. The van der Waals surface area contributed by atoms with Crippen LogP contribution in [0.15, 0.2) is 36.8 Å². The molecule has 2 atom stereocenters. The van der Waals surface area contributed by atoms with Crippen molar-refractivity contribution in [2.45, 2.75) is 25.3 Å². The third-order valence-corrected chi connectivity index (χ3v) is 4.60. The predicted octanol–water partition coefficient (Wildman–Crippen LogP) is 1.89. The molecule has 2 N–H and O–H groups in total. The summed E-state index contributed by atoms with van der Waals surface area (Å²) in [5.74, 6) is 0.153. The molecule has 152 valence electrons. The number of carbonyl (C=O) groups is 1. The van der Waals surface area contributed by atoms with Crippen LogP contribution >= 0.6 is 0 Å². The van der Waals surface area contributed by atoms with Gasteiger partial charge >= 0.3 is 6.18 Å². The van der Waals surface area contributed by atoms with Gasteiger partial charge in [0, 0.05) is 18.9 Å². The molecule has 1 aliphatic rings. The van der Waals surface area contributed by atoms with E-state index < -0.39 is 23.8 Å². The molecule has 1 amide bonds. The number of fused-ring (bicyclic) bond motifs is 1. The monoisotopic (exact) mass is 406 g/mol. The van der Waals surface area contributed by atoms with E-state index in [0.29, 0.717) is 23.7 Å². The highest BCUT2D eigenvalue weighted by Gasteiger charge is 2.32. The molecular weight excluding hydrogens is 389 g/mol. The summed E-state index contributed by atoms with van der Waals surface area (Å²) in [6.45, 7) is 2.51. The summed E-state index contributed by atoms with van der Waals surface area (Å²) in [4.78, 5) is 26.1. The fraction of sp³-hybridized carbons (Fsp3) is 0.333. The first-order chi connectivity index (χ1) is 13.7. The van der Waals surface area contributed by atoms with Crippen molar-refractivity contribution in [2.24, 2.45) is 5.73 Å². The Morgan fingerprint density at radius 1 is 1.24 bits per heavy atom. The van der Waals surface area contributed by atoms with Crippen LogP contribution < -0.4 is 10.6 Å². The fourth-order valence-electron chi connectivity index (χ4n) is 3.26. The van der Waals surface area contributed by atoms with Gasteiger partial charge in [-0.05, 0) is 25.1 Å². The minimum atomic E-state index is -4.48. The highest BCUT2D eigenvalue weighted by molar-refractivity contribution is 5.79. The van der Waals surface area contributed by atoms with Crippen LogP contribution in [-0.2, 0) is 15.7 Å². The lowest BCUT2D eigenvalue weighted by atomic mass is 10.2. The minimum Gasteiger partial charge on any atom is -0.367 e. The standard InChI is InChI=1S/C18H17F3N6O2/c1-10-7-26(9-13(29-10)16(22)28)15-4-5-23-17(25-15)12-6-24-14-3-2-11(8-27(12)14)18(19,20)21/h2-6,8,10,13H,7,9H2,1H3,(H2,22,28)/t10-,13+/m1/s1. The number of carbonyl (C=O) groups excluding carboxylic acids is 1. The normalized spacial score (nSPS) is 20.2. The molecule has 0 aliphatic carbocycles. The Balaban J connectivity index is 1.71. The number of alkyl halides is 3. The lowest BCUT2D eigenvalue weighted by Gasteiger charge is -2.36. The average Bonchev–Trinajstić information content (AvgIpc) is 3.10. The van der Waals surface area contributed by atoms with Gasteiger partial charge in [-0.15, -0.1) is 0 Å². The van der Waals surface area contributed by atoms with E-state index in [1.807, 2.05) is 11.8 Å². The number of hydrogen-bond donors (Lipinski definition) is 1. The SMILES string of the molecule is C[C@@H]1CN(c2ccnc(-c3cnc4ccc(C(F)(F)F)cn34)n2)C[C@@H](C(N)=O)O1. The molecule has 0 radical (unpaired) electrons. The summed E-state index contributed by atoms with van der Waals surface area (Å²) in [5, 5.41) is 0. The van der Waals surface area contributed by atoms with Crippen molar-refractivity contribution in [2.75, 3.05) is 18.0 Å². The maximum atomic E-state index is 13.1. The zero-order valence-corrected chi connectivity index (χ0v) is 15.3. The molecule has 1 fully saturated rings. The van der Waals surface area contributed by atoms with Gasteiger partial charge in [0.25, 0.3) is 0 Å². The van der Waals surface area contributed by atoms with E-state index in [-0.39, 0.29) is 18.5 Å². The molecule has 11 heteroatoms. The molecule has 0 saturated carbocycles. The van der Waals surface area contributed by atoms with Crippen molar-refractivity contribution in [3.05, 3.63) is 42.4 Å². The summed E-state index contributed by atoms with van der Waals surface area (Å²) >= 11 is 0. The van der Waals surface area contributed by atoms with Crippen molar-refractivity contribution in [1.29, 1.82) is 0 Å². The first kappa shape index (κ1) is 19.1. The largest absolute Gasteiger partial charge is 0.417 e. The molecule has 3 aromatic rings. The lowest BCUT2D eigenvalue weighted by Crippen LogP contribution is -2.52. The van der Waals surface area contributed by atoms with Crippen LogP contribution in [0.5, 0.6) is 0 Å². The summed E-state index contributed by atoms with van der Waals surface area (Å²) in [7, 11) is 0. The number of anilines is 1. The maximum absolute atomic E-state index is 13.1. The van der Waals surface area contributed by atoms with E-state index in [2.05, 4.69) is 15.0 Å². The molecule has 1 aliphatic heterocycles. The Kier molecular flexibility index (Phi) is 4.61. The third-order valence-electron chi connectivity index (χ3n) is 4.60. The van der Waals surface area contributed by atoms with Crippen molar-refractivity contribution in [3.63, 3.8) is 0 Å². The Bertz CT molecular complexity index is 1070. The van der Waals surface area contributed by atoms with E-state index in [9.17, 15) is 18.0 Å². The zero-order valence-electron chi connectivity index (χ0n) is 15.3. The average molecular weight is 406 g/mol. The Morgan fingerprint density at radius 3 is 2.76 bits per heavy atom. The quantitative estimate of drug-likeness (QED) is 0.713. The smallest absolute Gasteiger partial charge is 0.367 e. The summed E-state index contributed by atoms with van der Waals surface area (Å²) in [6.07, 6.45) is -1.61. The number of pyridine rings is 1. The number of morpholine rings is 1. The number of primary amides is 1. The number of aromatic nitrogens is 4. The number of hydrogen-bond acceptors (Lipinski definition) is 6. The molecular formula is C18H17F3N6O2. The van der Waals surface area contributed by atoms with Gasteiger partial charge in [-0.3, -0.25) is 9.20 Å². The van der Waals surface area contributed by atoms with Crippen LogP contribution in [0, 0.1) is 0 Å². The van der Waals surface area contributed by atoms with Gasteiger partial charge in [-0.1, -0.05) is 0 Å². The van der Waals surface area contributed by atoms with Gasteiger partial charge in [0.2, 0.25) is 5.91 Å². The van der Waals surface area contributed by atoms with Gasteiger partial charge in [0.05, 0.1) is 24.4 Å². The van der Waals surface area contributed by atoms with Crippen molar-refractivity contribution >= 4 is 17.4 Å². The molecule has 0 unspecified atom stereocenters. The number of rotatable bonds is 3. The number of imidazole rings is 1. The number of ether oxygens (including phenoxy) is 1. The van der Waals surface area contributed by atoms with Gasteiger partial charge in [0.1, 0.15) is 17.2 Å². The maximum Gasteiger partial charge on any atom is 0.417 e. The second kappa shape index (κ2) is 6.99. The second-order valence-electron chi connectivity index (χ2n) is 6.77. The van der Waals surface area contributed by atoms with Crippen LogP contribution in [0.1, 0.15) is 12.5 Å². The summed E-state index contributed by atoms with van der Waals surface area (Å²) in [6, 6.07) is 3.92. The van der Waals surface area contributed by atoms with Crippen LogP contribution in [0.25, 0.3) is 17.2 Å². The van der Waals surface area contributed by atoms with Crippen LogP contribution in [0.4, 0.5) is 19.0 Å². The lowest BCUT2D eigenvalue weighted by molar-refractivity contribution is -0.138. The van der Waals surface area contributed by atoms with Crippen LogP contribution in [0.3, 0.4) is 0 Å². The van der Waals surface area contributed by atoms with Gasteiger partial charge < -0.3 is 15.4 Å². The molecule has 8 nitrogen and oxygen atoms in total. The van der Waals surface area contributed by atoms with Crippen molar-refractivity contribution in [3.8, 4) is 11.5 Å². The highest BCUT2D eigenvalue weighted by atomic mass is 19.4. The van der Waals surface area contributed by atoms with Crippen molar-refractivity contribution < 1.29 is 22.7 Å².